The quantitative estimate of drug-likeness (QED) is 0.634. The van der Waals surface area contributed by atoms with Gasteiger partial charge in [0.15, 0.2) is 6.29 Å². The van der Waals surface area contributed by atoms with Crippen molar-refractivity contribution in [3.8, 4) is 5.69 Å². The number of tetrazole rings is 1. The van der Waals surface area contributed by atoms with Crippen molar-refractivity contribution in [2.45, 2.75) is 0 Å². The molecule has 2 aromatic rings. The van der Waals surface area contributed by atoms with E-state index in [1.165, 1.54) is 7.05 Å². The Balaban J connectivity index is 2.69. The van der Waals surface area contributed by atoms with Gasteiger partial charge in [0, 0.05) is 12.6 Å². The van der Waals surface area contributed by atoms with E-state index in [1.54, 1.807) is 24.3 Å². The van der Waals surface area contributed by atoms with Gasteiger partial charge in [0.05, 0.1) is 5.69 Å². The summed E-state index contributed by atoms with van der Waals surface area (Å²) in [5, 5.41) is 7.22. The zero-order chi connectivity index (χ0) is 10.8. The molecule has 0 aliphatic rings. The molecule has 0 aliphatic carbocycles. The van der Waals surface area contributed by atoms with Crippen molar-refractivity contribution in [3.05, 3.63) is 40.3 Å². The zero-order valence-corrected chi connectivity index (χ0v) is 7.99. The van der Waals surface area contributed by atoms with Crippen LogP contribution < -0.4 is 5.69 Å². The van der Waals surface area contributed by atoms with E-state index in [0.29, 0.717) is 17.5 Å². The largest absolute Gasteiger partial charge is 0.368 e. The van der Waals surface area contributed by atoms with Crippen LogP contribution in [0.5, 0.6) is 0 Å². The Bertz CT molecular complexity index is 555. The van der Waals surface area contributed by atoms with Crippen LogP contribution in [0.15, 0.2) is 29.1 Å². The van der Waals surface area contributed by atoms with Gasteiger partial charge in [0.1, 0.15) is 0 Å². The minimum Gasteiger partial charge on any atom is -0.298 e. The number of benzene rings is 1. The van der Waals surface area contributed by atoms with Gasteiger partial charge in [0.25, 0.3) is 0 Å². The number of hydrogen-bond acceptors (Lipinski definition) is 4. The van der Waals surface area contributed by atoms with E-state index in [2.05, 4.69) is 10.4 Å². The molecule has 1 aromatic heterocycles. The van der Waals surface area contributed by atoms with E-state index in [0.717, 1.165) is 9.36 Å². The maximum absolute atomic E-state index is 11.5. The Hall–Kier alpha value is -2.24. The molecule has 6 heteroatoms. The first-order chi connectivity index (χ1) is 7.24. The summed E-state index contributed by atoms with van der Waals surface area (Å²) < 4.78 is 2.19. The highest BCUT2D eigenvalue weighted by atomic mass is 16.2. The van der Waals surface area contributed by atoms with Crippen LogP contribution in [0.2, 0.25) is 0 Å². The third-order valence-electron chi connectivity index (χ3n) is 2.01. The Labute approximate surface area is 84.7 Å². The smallest absolute Gasteiger partial charge is 0.298 e. The standard InChI is InChI=1S/C9H8N4O2/c1-12-9(15)13(11-10-12)8-5-3-2-4-7(8)6-14/h2-6H,1H3. The molecule has 0 saturated carbocycles. The molecule has 0 atom stereocenters. The topological polar surface area (TPSA) is 69.8 Å². The lowest BCUT2D eigenvalue weighted by atomic mass is 10.2. The molecule has 0 fully saturated rings. The van der Waals surface area contributed by atoms with Gasteiger partial charge < -0.3 is 0 Å². The summed E-state index contributed by atoms with van der Waals surface area (Å²) >= 11 is 0. The van der Waals surface area contributed by atoms with Gasteiger partial charge in [-0.05, 0) is 22.6 Å². The van der Waals surface area contributed by atoms with Crippen molar-refractivity contribution < 1.29 is 4.79 Å². The van der Waals surface area contributed by atoms with Gasteiger partial charge in [-0.3, -0.25) is 4.79 Å². The van der Waals surface area contributed by atoms with Gasteiger partial charge in [0.2, 0.25) is 0 Å². The molecule has 0 N–H and O–H groups in total. The number of aldehydes is 1. The molecule has 0 spiro atoms. The van der Waals surface area contributed by atoms with E-state index in [4.69, 9.17) is 0 Å². The van der Waals surface area contributed by atoms with Crippen molar-refractivity contribution in [2.75, 3.05) is 0 Å². The van der Waals surface area contributed by atoms with Crippen LogP contribution in [0.1, 0.15) is 10.4 Å². The van der Waals surface area contributed by atoms with Crippen molar-refractivity contribution >= 4 is 6.29 Å². The predicted octanol–water partition coefficient (Wildman–Crippen LogP) is -0.222. The average molecular weight is 204 g/mol. The summed E-state index contributed by atoms with van der Waals surface area (Å²) in [5.74, 6) is 0. The highest BCUT2D eigenvalue weighted by Gasteiger charge is 2.09. The fraction of sp³-hybridized carbons (Fsp3) is 0.111. The number of carbonyl (C=O) groups is 1. The number of carbonyl (C=O) groups excluding carboxylic acids is 1. The minimum atomic E-state index is -0.385. The predicted molar refractivity (Wildman–Crippen MR) is 52.0 cm³/mol. The fourth-order valence-electron chi connectivity index (χ4n) is 1.24. The SMILES string of the molecule is Cn1nnn(-c2ccccc2C=O)c1=O. The lowest BCUT2D eigenvalue weighted by molar-refractivity contribution is 0.112. The number of nitrogens with zero attached hydrogens (tertiary/aromatic N) is 4. The number of aryl methyl sites for hydroxylation is 1. The van der Waals surface area contributed by atoms with Gasteiger partial charge >= 0.3 is 5.69 Å². The van der Waals surface area contributed by atoms with Crippen LogP contribution in [0.4, 0.5) is 0 Å². The minimum absolute atomic E-state index is 0.385. The molecule has 0 unspecified atom stereocenters. The molecule has 76 valence electrons. The van der Waals surface area contributed by atoms with Crippen LogP contribution in [0, 0.1) is 0 Å². The average Bonchev–Trinajstić information content (AvgIpc) is 2.60. The molecule has 6 nitrogen and oxygen atoms in total. The summed E-state index contributed by atoms with van der Waals surface area (Å²) in [6.07, 6.45) is 0.677. The molecular formula is C9H8N4O2. The van der Waals surface area contributed by atoms with Gasteiger partial charge in [-0.25, -0.2) is 4.79 Å². The molecule has 1 aromatic carbocycles. The van der Waals surface area contributed by atoms with E-state index in [1.807, 2.05) is 0 Å². The summed E-state index contributed by atoms with van der Waals surface area (Å²) in [4.78, 5) is 22.3. The van der Waals surface area contributed by atoms with E-state index >= 15 is 0 Å². The molecule has 0 aliphatic heterocycles. The first kappa shape index (κ1) is 9.32. The Morgan fingerprint density at radius 2 is 2.00 bits per heavy atom. The Kier molecular flexibility index (Phi) is 2.17. The first-order valence-electron chi connectivity index (χ1n) is 4.27. The first-order valence-corrected chi connectivity index (χ1v) is 4.27. The molecule has 0 saturated heterocycles. The van der Waals surface area contributed by atoms with Gasteiger partial charge in [-0.2, -0.15) is 9.36 Å². The van der Waals surface area contributed by atoms with Crippen LogP contribution in [0.3, 0.4) is 0 Å². The number of hydrogen-bond donors (Lipinski definition) is 0. The lowest BCUT2D eigenvalue weighted by Crippen LogP contribution is -2.22. The number of aromatic nitrogens is 4. The molecule has 0 amide bonds. The fourth-order valence-corrected chi connectivity index (χ4v) is 1.24. The molecule has 0 radical (unpaired) electrons. The summed E-state index contributed by atoms with van der Waals surface area (Å²) in [7, 11) is 1.50. The van der Waals surface area contributed by atoms with Gasteiger partial charge in [-0.1, -0.05) is 12.1 Å². The van der Waals surface area contributed by atoms with Crippen molar-refractivity contribution in [1.29, 1.82) is 0 Å². The molecule has 2 rings (SSSR count). The third-order valence-corrected chi connectivity index (χ3v) is 2.01. The second-order valence-corrected chi connectivity index (χ2v) is 2.97. The normalized spacial score (nSPS) is 10.2. The number of rotatable bonds is 2. The summed E-state index contributed by atoms with van der Waals surface area (Å²) in [6, 6.07) is 6.70. The Morgan fingerprint density at radius 3 is 2.60 bits per heavy atom. The zero-order valence-electron chi connectivity index (χ0n) is 7.99. The molecule has 15 heavy (non-hydrogen) atoms. The third kappa shape index (κ3) is 1.45. The lowest BCUT2D eigenvalue weighted by Gasteiger charge is -2.00. The second-order valence-electron chi connectivity index (χ2n) is 2.97. The van der Waals surface area contributed by atoms with Gasteiger partial charge in [-0.15, -0.1) is 0 Å². The second kappa shape index (κ2) is 3.49. The van der Waals surface area contributed by atoms with Crippen molar-refractivity contribution in [3.63, 3.8) is 0 Å². The number of para-hydroxylation sites is 1. The summed E-state index contributed by atoms with van der Waals surface area (Å²) in [5.41, 5.74) is 0.454. The molecule has 0 bridgehead atoms. The van der Waals surface area contributed by atoms with Crippen LogP contribution in [-0.2, 0) is 7.05 Å². The van der Waals surface area contributed by atoms with E-state index in [9.17, 15) is 9.59 Å². The van der Waals surface area contributed by atoms with Crippen LogP contribution >= 0.6 is 0 Å². The van der Waals surface area contributed by atoms with Crippen molar-refractivity contribution in [1.82, 2.24) is 19.8 Å². The van der Waals surface area contributed by atoms with Crippen LogP contribution in [0.25, 0.3) is 5.69 Å². The highest BCUT2D eigenvalue weighted by molar-refractivity contribution is 5.80. The Morgan fingerprint density at radius 1 is 1.27 bits per heavy atom. The van der Waals surface area contributed by atoms with E-state index in [-0.39, 0.29) is 5.69 Å². The highest BCUT2D eigenvalue weighted by Crippen LogP contribution is 2.08. The van der Waals surface area contributed by atoms with E-state index < -0.39 is 0 Å². The maximum atomic E-state index is 11.5. The monoisotopic (exact) mass is 204 g/mol. The molecule has 1 heterocycles. The molecular weight excluding hydrogens is 196 g/mol. The van der Waals surface area contributed by atoms with Crippen LogP contribution in [-0.4, -0.2) is 26.1 Å². The maximum Gasteiger partial charge on any atom is 0.368 e. The summed E-state index contributed by atoms with van der Waals surface area (Å²) in [6.45, 7) is 0. The van der Waals surface area contributed by atoms with Crippen molar-refractivity contribution in [2.24, 2.45) is 7.05 Å².